The molecule has 0 radical (unpaired) electrons. The molecule has 0 aliphatic heterocycles. The third kappa shape index (κ3) is 3.88. The van der Waals surface area contributed by atoms with Crippen molar-refractivity contribution in [3.63, 3.8) is 0 Å². The molecule has 0 amide bonds. The summed E-state index contributed by atoms with van der Waals surface area (Å²) in [5.74, 6) is 0.663. The van der Waals surface area contributed by atoms with Gasteiger partial charge in [-0.1, -0.05) is 48.9 Å². The molecular formula is C14H15ClN4O2. The molecule has 7 heteroatoms. The van der Waals surface area contributed by atoms with Crippen molar-refractivity contribution in [3.05, 3.63) is 57.0 Å². The van der Waals surface area contributed by atoms with Gasteiger partial charge in [0.2, 0.25) is 11.0 Å². The first-order valence-electron chi connectivity index (χ1n) is 6.60. The smallest absolute Gasteiger partial charge is 0.348 e. The van der Waals surface area contributed by atoms with E-state index in [4.69, 9.17) is 11.6 Å². The second-order valence-corrected chi connectivity index (χ2v) is 4.83. The highest BCUT2D eigenvalue weighted by molar-refractivity contribution is 6.31. The highest BCUT2D eigenvalue weighted by Gasteiger charge is 2.23. The van der Waals surface area contributed by atoms with Crippen LogP contribution < -0.4 is 5.32 Å². The number of aryl methyl sites for hydroxylation is 1. The maximum absolute atomic E-state index is 11.1. The summed E-state index contributed by atoms with van der Waals surface area (Å²) in [4.78, 5) is 18.7. The largest absolute Gasteiger partial charge is 0.360 e. The van der Waals surface area contributed by atoms with Crippen LogP contribution in [0.15, 0.2) is 30.3 Å². The highest BCUT2D eigenvalue weighted by Crippen LogP contribution is 2.30. The Balaban J connectivity index is 2.28. The second-order valence-electron chi connectivity index (χ2n) is 4.47. The number of halogens is 1. The van der Waals surface area contributed by atoms with E-state index in [0.717, 1.165) is 12.0 Å². The predicted octanol–water partition coefficient (Wildman–Crippen LogP) is 3.60. The Morgan fingerprint density at radius 3 is 2.62 bits per heavy atom. The van der Waals surface area contributed by atoms with E-state index in [1.165, 1.54) is 0 Å². The number of benzene rings is 1. The number of hydrogen-bond acceptors (Lipinski definition) is 5. The molecule has 1 aromatic heterocycles. The quantitative estimate of drug-likeness (QED) is 0.501. The summed E-state index contributed by atoms with van der Waals surface area (Å²) in [5.41, 5.74) is 0.714. The minimum Gasteiger partial charge on any atom is -0.360 e. The minimum atomic E-state index is -0.564. The molecule has 0 unspecified atom stereocenters. The van der Waals surface area contributed by atoms with E-state index < -0.39 is 4.92 Å². The van der Waals surface area contributed by atoms with Gasteiger partial charge in [-0.2, -0.15) is 0 Å². The molecule has 0 aliphatic carbocycles. The normalized spacial score (nSPS) is 10.4. The van der Waals surface area contributed by atoms with E-state index in [0.29, 0.717) is 18.8 Å². The van der Waals surface area contributed by atoms with Crippen molar-refractivity contribution in [2.75, 3.05) is 5.32 Å². The van der Waals surface area contributed by atoms with Crippen LogP contribution >= 0.6 is 11.6 Å². The molecule has 2 rings (SSSR count). The minimum absolute atomic E-state index is 0.131. The van der Waals surface area contributed by atoms with Gasteiger partial charge >= 0.3 is 5.69 Å². The second kappa shape index (κ2) is 6.99. The number of rotatable bonds is 6. The molecule has 0 atom stereocenters. The molecule has 0 aliphatic rings. The summed E-state index contributed by atoms with van der Waals surface area (Å²) in [7, 11) is 0. The number of nitro groups is 1. The van der Waals surface area contributed by atoms with Crippen LogP contribution in [0.4, 0.5) is 11.5 Å². The molecule has 110 valence electrons. The molecule has 21 heavy (non-hydrogen) atoms. The van der Waals surface area contributed by atoms with E-state index in [1.807, 2.05) is 37.3 Å². The highest BCUT2D eigenvalue weighted by atomic mass is 35.5. The van der Waals surface area contributed by atoms with Crippen LogP contribution in [0, 0.1) is 10.1 Å². The maximum Gasteiger partial charge on any atom is 0.348 e. The van der Waals surface area contributed by atoms with E-state index in [-0.39, 0.29) is 16.7 Å². The number of nitrogens with one attached hydrogen (secondary N) is 1. The summed E-state index contributed by atoms with van der Waals surface area (Å²) in [6.07, 6.45) is 1.46. The van der Waals surface area contributed by atoms with Crippen molar-refractivity contribution in [2.45, 2.75) is 26.3 Å². The topological polar surface area (TPSA) is 81.0 Å². The van der Waals surface area contributed by atoms with Gasteiger partial charge in [0.05, 0.1) is 4.92 Å². The molecule has 2 aromatic rings. The summed E-state index contributed by atoms with van der Waals surface area (Å²) in [6.45, 7) is 2.41. The number of aromatic nitrogens is 2. The SMILES string of the molecule is CCCc1nc(Cl)c([N+](=O)[O-])c(NCc2ccccc2)n1. The van der Waals surface area contributed by atoms with Gasteiger partial charge in [0.1, 0.15) is 5.82 Å². The van der Waals surface area contributed by atoms with Crippen molar-refractivity contribution >= 4 is 23.1 Å². The van der Waals surface area contributed by atoms with E-state index in [2.05, 4.69) is 15.3 Å². The average molecular weight is 307 g/mol. The van der Waals surface area contributed by atoms with Crippen molar-refractivity contribution in [3.8, 4) is 0 Å². The third-order valence-corrected chi connectivity index (χ3v) is 3.11. The first-order chi connectivity index (χ1) is 10.1. The van der Waals surface area contributed by atoms with Gasteiger partial charge in [-0.15, -0.1) is 0 Å². The Hall–Kier alpha value is -2.21. The van der Waals surface area contributed by atoms with Crippen molar-refractivity contribution in [1.29, 1.82) is 0 Å². The van der Waals surface area contributed by atoms with E-state index in [1.54, 1.807) is 0 Å². The van der Waals surface area contributed by atoms with Crippen LogP contribution in [0.5, 0.6) is 0 Å². The Morgan fingerprint density at radius 1 is 1.29 bits per heavy atom. The number of hydrogen-bond donors (Lipinski definition) is 1. The van der Waals surface area contributed by atoms with Gasteiger partial charge in [0.25, 0.3) is 0 Å². The molecular weight excluding hydrogens is 292 g/mol. The molecule has 0 fully saturated rings. The molecule has 0 saturated carbocycles. The van der Waals surface area contributed by atoms with Gasteiger partial charge in [-0.25, -0.2) is 9.97 Å². The number of anilines is 1. The molecule has 1 aromatic carbocycles. The lowest BCUT2D eigenvalue weighted by molar-refractivity contribution is -0.384. The molecule has 1 N–H and O–H groups in total. The monoisotopic (exact) mass is 306 g/mol. The van der Waals surface area contributed by atoms with Crippen molar-refractivity contribution in [1.82, 2.24) is 9.97 Å². The molecule has 6 nitrogen and oxygen atoms in total. The Morgan fingerprint density at radius 2 is 2.00 bits per heavy atom. The van der Waals surface area contributed by atoms with Crippen LogP contribution in [0.3, 0.4) is 0 Å². The van der Waals surface area contributed by atoms with Gasteiger partial charge in [0.15, 0.2) is 0 Å². The van der Waals surface area contributed by atoms with Crippen LogP contribution in [-0.2, 0) is 13.0 Å². The lowest BCUT2D eigenvalue weighted by atomic mass is 10.2. The zero-order valence-electron chi connectivity index (χ0n) is 11.5. The lowest BCUT2D eigenvalue weighted by Crippen LogP contribution is -2.08. The maximum atomic E-state index is 11.1. The van der Waals surface area contributed by atoms with Gasteiger partial charge < -0.3 is 5.32 Å². The van der Waals surface area contributed by atoms with Crippen molar-refractivity contribution in [2.24, 2.45) is 0 Å². The van der Waals surface area contributed by atoms with Gasteiger partial charge in [-0.05, 0) is 12.0 Å². The summed E-state index contributed by atoms with van der Waals surface area (Å²) >= 11 is 5.91. The summed E-state index contributed by atoms with van der Waals surface area (Å²) in [5, 5.41) is 14.0. The van der Waals surface area contributed by atoms with Crippen molar-refractivity contribution < 1.29 is 4.92 Å². The first kappa shape index (κ1) is 15.2. The number of nitrogens with zero attached hydrogens (tertiary/aromatic N) is 3. The fourth-order valence-corrected chi connectivity index (χ4v) is 2.13. The van der Waals surface area contributed by atoms with E-state index >= 15 is 0 Å². The third-order valence-electron chi connectivity index (χ3n) is 2.85. The Labute approximate surface area is 127 Å². The zero-order chi connectivity index (χ0) is 15.2. The van der Waals surface area contributed by atoms with Gasteiger partial charge in [-0.3, -0.25) is 10.1 Å². The van der Waals surface area contributed by atoms with Crippen LogP contribution in [0.2, 0.25) is 5.15 Å². The standard InChI is InChI=1S/C14H15ClN4O2/c1-2-6-11-17-13(15)12(19(20)21)14(18-11)16-9-10-7-4-3-5-8-10/h3-5,7-8H,2,6,9H2,1H3,(H,16,17,18). The van der Waals surface area contributed by atoms with Crippen LogP contribution in [0.1, 0.15) is 24.7 Å². The average Bonchev–Trinajstić information content (AvgIpc) is 2.45. The predicted molar refractivity (Wildman–Crippen MR) is 81.5 cm³/mol. The van der Waals surface area contributed by atoms with Gasteiger partial charge in [0, 0.05) is 13.0 Å². The first-order valence-corrected chi connectivity index (χ1v) is 6.98. The fourth-order valence-electron chi connectivity index (χ4n) is 1.87. The molecule has 0 bridgehead atoms. The molecule has 0 saturated heterocycles. The van der Waals surface area contributed by atoms with Crippen LogP contribution in [0.25, 0.3) is 0 Å². The Kier molecular flexibility index (Phi) is 5.05. The zero-order valence-corrected chi connectivity index (χ0v) is 12.3. The molecule has 0 spiro atoms. The fraction of sp³-hybridized carbons (Fsp3) is 0.286. The lowest BCUT2D eigenvalue weighted by Gasteiger charge is -2.08. The van der Waals surface area contributed by atoms with E-state index in [9.17, 15) is 10.1 Å². The Bertz CT molecular complexity index is 634. The summed E-state index contributed by atoms with van der Waals surface area (Å²) < 4.78 is 0. The molecule has 1 heterocycles. The summed E-state index contributed by atoms with van der Waals surface area (Å²) in [6, 6.07) is 9.57. The van der Waals surface area contributed by atoms with Crippen LogP contribution in [-0.4, -0.2) is 14.9 Å².